The van der Waals surface area contributed by atoms with Crippen LogP contribution in [0.5, 0.6) is 0 Å². The van der Waals surface area contributed by atoms with E-state index in [2.05, 4.69) is 27.9 Å². The van der Waals surface area contributed by atoms with E-state index >= 15 is 0 Å². The first kappa shape index (κ1) is 10.4. The van der Waals surface area contributed by atoms with E-state index in [-0.39, 0.29) is 0 Å². The van der Waals surface area contributed by atoms with Crippen molar-refractivity contribution in [3.8, 4) is 0 Å². The van der Waals surface area contributed by atoms with Crippen LogP contribution in [0.25, 0.3) is 0 Å². The normalized spacial score (nSPS) is 10.8. The Morgan fingerprint density at radius 3 is 2.60 bits per heavy atom. The zero-order chi connectivity index (χ0) is 7.82. The van der Waals surface area contributed by atoms with Gasteiger partial charge in [0.05, 0.1) is 0 Å². The van der Waals surface area contributed by atoms with Crippen molar-refractivity contribution < 1.29 is 4.74 Å². The van der Waals surface area contributed by atoms with E-state index in [0.717, 1.165) is 31.4 Å². The van der Waals surface area contributed by atoms with E-state index < -0.39 is 0 Å². The van der Waals surface area contributed by atoms with Crippen LogP contribution in [0.3, 0.4) is 0 Å². The van der Waals surface area contributed by atoms with Gasteiger partial charge in [-0.2, -0.15) is 0 Å². The number of ether oxygens (including phenoxy) is 1. The molecule has 0 unspecified atom stereocenters. The van der Waals surface area contributed by atoms with Crippen LogP contribution in [0.2, 0.25) is 0 Å². The van der Waals surface area contributed by atoms with Gasteiger partial charge in [0.25, 0.3) is 0 Å². The van der Waals surface area contributed by atoms with Gasteiger partial charge in [0.2, 0.25) is 0 Å². The standard InChI is InChI=1S/C7H16BrNO/c1-9(6-4-8)5-3-7-10-2/h3-7H2,1-2H3. The molecule has 2 nitrogen and oxygen atoms in total. The van der Waals surface area contributed by atoms with Gasteiger partial charge >= 0.3 is 0 Å². The zero-order valence-electron chi connectivity index (χ0n) is 6.77. The van der Waals surface area contributed by atoms with E-state index in [4.69, 9.17) is 4.74 Å². The van der Waals surface area contributed by atoms with Crippen molar-refractivity contribution in [1.82, 2.24) is 4.90 Å². The highest BCUT2D eigenvalue weighted by Crippen LogP contribution is 1.89. The molecule has 62 valence electrons. The van der Waals surface area contributed by atoms with Crippen LogP contribution < -0.4 is 0 Å². The SMILES string of the molecule is COCCCN(C)CCBr. The van der Waals surface area contributed by atoms with Gasteiger partial charge in [0, 0.05) is 32.1 Å². The topological polar surface area (TPSA) is 12.5 Å². The Labute approximate surface area is 71.7 Å². The lowest BCUT2D eigenvalue weighted by Crippen LogP contribution is -2.22. The summed E-state index contributed by atoms with van der Waals surface area (Å²) in [6.07, 6.45) is 1.12. The first-order chi connectivity index (χ1) is 4.81. The van der Waals surface area contributed by atoms with Crippen molar-refractivity contribution >= 4 is 15.9 Å². The largest absolute Gasteiger partial charge is 0.385 e. The molecule has 0 aliphatic carbocycles. The lowest BCUT2D eigenvalue weighted by atomic mass is 10.4. The molecule has 0 atom stereocenters. The summed E-state index contributed by atoms with van der Waals surface area (Å²) in [5.74, 6) is 0. The number of nitrogens with zero attached hydrogens (tertiary/aromatic N) is 1. The zero-order valence-corrected chi connectivity index (χ0v) is 8.35. The van der Waals surface area contributed by atoms with Gasteiger partial charge in [0.15, 0.2) is 0 Å². The van der Waals surface area contributed by atoms with Gasteiger partial charge in [-0.05, 0) is 13.5 Å². The molecule has 0 N–H and O–H groups in total. The first-order valence-corrected chi connectivity index (χ1v) is 4.67. The van der Waals surface area contributed by atoms with Crippen molar-refractivity contribution in [3.05, 3.63) is 0 Å². The first-order valence-electron chi connectivity index (χ1n) is 3.54. The summed E-state index contributed by atoms with van der Waals surface area (Å²) in [6, 6.07) is 0. The second-order valence-electron chi connectivity index (χ2n) is 2.34. The summed E-state index contributed by atoms with van der Waals surface area (Å²) >= 11 is 3.39. The van der Waals surface area contributed by atoms with Crippen LogP contribution in [0.15, 0.2) is 0 Å². The molecule has 0 saturated carbocycles. The molecule has 10 heavy (non-hydrogen) atoms. The molecule has 0 aromatic carbocycles. The van der Waals surface area contributed by atoms with Crippen LogP contribution in [-0.2, 0) is 4.74 Å². The summed E-state index contributed by atoms with van der Waals surface area (Å²) in [6.45, 7) is 3.11. The number of rotatable bonds is 6. The molecular formula is C7H16BrNO. The second-order valence-corrected chi connectivity index (χ2v) is 3.13. The van der Waals surface area contributed by atoms with Crippen LogP contribution >= 0.6 is 15.9 Å². The molecule has 0 spiro atoms. The Balaban J connectivity index is 2.97. The number of alkyl halides is 1. The molecule has 0 aliphatic rings. The quantitative estimate of drug-likeness (QED) is 0.484. The summed E-state index contributed by atoms with van der Waals surface area (Å²) in [5, 5.41) is 1.05. The Morgan fingerprint density at radius 2 is 2.10 bits per heavy atom. The summed E-state index contributed by atoms with van der Waals surface area (Å²) < 4.78 is 4.93. The van der Waals surface area contributed by atoms with E-state index in [1.54, 1.807) is 7.11 Å². The smallest absolute Gasteiger partial charge is 0.0474 e. The molecule has 0 rings (SSSR count). The average molecular weight is 210 g/mol. The van der Waals surface area contributed by atoms with E-state index in [1.165, 1.54) is 0 Å². The van der Waals surface area contributed by atoms with Crippen LogP contribution in [-0.4, -0.2) is 44.1 Å². The molecular weight excluding hydrogens is 194 g/mol. The molecule has 0 heterocycles. The Hall–Kier alpha value is 0.400. The average Bonchev–Trinajstić information content (AvgIpc) is 1.89. The predicted molar refractivity (Wildman–Crippen MR) is 47.8 cm³/mol. The summed E-state index contributed by atoms with van der Waals surface area (Å²) in [7, 11) is 3.86. The van der Waals surface area contributed by atoms with E-state index in [0.29, 0.717) is 0 Å². The third-order valence-electron chi connectivity index (χ3n) is 1.35. The molecule has 0 fully saturated rings. The highest BCUT2D eigenvalue weighted by molar-refractivity contribution is 9.09. The minimum atomic E-state index is 0.868. The molecule has 0 radical (unpaired) electrons. The summed E-state index contributed by atoms with van der Waals surface area (Å²) in [4.78, 5) is 2.29. The Morgan fingerprint density at radius 1 is 1.40 bits per heavy atom. The van der Waals surface area contributed by atoms with E-state index in [1.807, 2.05) is 0 Å². The molecule has 0 bridgehead atoms. The van der Waals surface area contributed by atoms with Crippen LogP contribution in [0.4, 0.5) is 0 Å². The molecule has 0 aromatic rings. The monoisotopic (exact) mass is 209 g/mol. The Kier molecular flexibility index (Phi) is 7.81. The third kappa shape index (κ3) is 6.52. The van der Waals surface area contributed by atoms with E-state index in [9.17, 15) is 0 Å². The number of hydrogen-bond donors (Lipinski definition) is 0. The van der Waals surface area contributed by atoms with Gasteiger partial charge in [-0.15, -0.1) is 0 Å². The van der Waals surface area contributed by atoms with Gasteiger partial charge in [-0.25, -0.2) is 0 Å². The molecule has 0 aliphatic heterocycles. The third-order valence-corrected chi connectivity index (χ3v) is 1.71. The predicted octanol–water partition coefficient (Wildman–Crippen LogP) is 1.35. The lowest BCUT2D eigenvalue weighted by molar-refractivity contribution is 0.181. The second kappa shape index (κ2) is 7.51. The fourth-order valence-corrected chi connectivity index (χ4v) is 1.34. The highest BCUT2D eigenvalue weighted by atomic mass is 79.9. The molecule has 3 heteroatoms. The van der Waals surface area contributed by atoms with Gasteiger partial charge < -0.3 is 9.64 Å². The van der Waals surface area contributed by atoms with Crippen LogP contribution in [0.1, 0.15) is 6.42 Å². The van der Waals surface area contributed by atoms with Crippen molar-refractivity contribution in [2.24, 2.45) is 0 Å². The molecule has 0 amide bonds. The maximum Gasteiger partial charge on any atom is 0.0474 e. The van der Waals surface area contributed by atoms with Crippen molar-refractivity contribution in [2.45, 2.75) is 6.42 Å². The number of halogens is 1. The molecule has 0 aromatic heterocycles. The highest BCUT2D eigenvalue weighted by Gasteiger charge is 1.94. The van der Waals surface area contributed by atoms with Crippen molar-refractivity contribution in [3.63, 3.8) is 0 Å². The van der Waals surface area contributed by atoms with Gasteiger partial charge in [0.1, 0.15) is 0 Å². The van der Waals surface area contributed by atoms with Gasteiger partial charge in [-0.1, -0.05) is 15.9 Å². The minimum absolute atomic E-state index is 0.868. The maximum absolute atomic E-state index is 4.93. The summed E-state index contributed by atoms with van der Waals surface area (Å²) in [5.41, 5.74) is 0. The number of methoxy groups -OCH3 is 1. The Bertz CT molecular complexity index is 70.6. The number of hydrogen-bond acceptors (Lipinski definition) is 2. The van der Waals surface area contributed by atoms with Gasteiger partial charge in [-0.3, -0.25) is 0 Å². The lowest BCUT2D eigenvalue weighted by Gasteiger charge is -2.13. The maximum atomic E-state index is 4.93. The fraction of sp³-hybridized carbons (Fsp3) is 1.00. The van der Waals surface area contributed by atoms with Crippen LogP contribution in [0, 0.1) is 0 Å². The van der Waals surface area contributed by atoms with Crippen molar-refractivity contribution in [1.29, 1.82) is 0 Å². The fourth-order valence-electron chi connectivity index (χ4n) is 0.735. The van der Waals surface area contributed by atoms with Crippen molar-refractivity contribution in [2.75, 3.05) is 39.2 Å². The molecule has 0 saturated heterocycles. The minimum Gasteiger partial charge on any atom is -0.385 e.